The molecule has 0 aliphatic heterocycles. The van der Waals surface area contributed by atoms with Crippen LogP contribution in [0.5, 0.6) is 0 Å². The van der Waals surface area contributed by atoms with Crippen molar-refractivity contribution in [3.8, 4) is 0 Å². The number of rotatable bonds is 5. The van der Waals surface area contributed by atoms with E-state index in [1.165, 1.54) is 18.3 Å². The SMILES string of the molecule is CC(=O)c1ccc(NC(=O)CCc2cscn2)cc1. The minimum atomic E-state index is -0.0522. The Morgan fingerprint density at radius 2 is 2.00 bits per heavy atom. The minimum absolute atomic E-state index is 0.0152. The zero-order chi connectivity index (χ0) is 13.7. The highest BCUT2D eigenvalue weighted by Gasteiger charge is 2.05. The highest BCUT2D eigenvalue weighted by molar-refractivity contribution is 7.07. The van der Waals surface area contributed by atoms with E-state index in [0.29, 0.717) is 24.1 Å². The third kappa shape index (κ3) is 3.99. The van der Waals surface area contributed by atoms with E-state index < -0.39 is 0 Å². The van der Waals surface area contributed by atoms with Gasteiger partial charge in [-0.3, -0.25) is 9.59 Å². The smallest absolute Gasteiger partial charge is 0.224 e. The molecule has 0 spiro atoms. The first-order chi connectivity index (χ1) is 9.15. The number of hydrogen-bond acceptors (Lipinski definition) is 4. The number of aryl methyl sites for hydroxylation is 1. The summed E-state index contributed by atoms with van der Waals surface area (Å²) in [5.74, 6) is -0.0371. The number of thiazole rings is 1. The van der Waals surface area contributed by atoms with Crippen molar-refractivity contribution < 1.29 is 9.59 Å². The van der Waals surface area contributed by atoms with Crippen molar-refractivity contribution in [2.45, 2.75) is 19.8 Å². The van der Waals surface area contributed by atoms with Crippen molar-refractivity contribution in [1.29, 1.82) is 0 Å². The lowest BCUT2D eigenvalue weighted by Crippen LogP contribution is -2.12. The van der Waals surface area contributed by atoms with Gasteiger partial charge in [0.1, 0.15) is 0 Å². The second-order valence-corrected chi connectivity index (χ2v) is 4.88. The quantitative estimate of drug-likeness (QED) is 0.853. The molecule has 0 aliphatic rings. The number of carbonyl (C=O) groups is 2. The summed E-state index contributed by atoms with van der Waals surface area (Å²) < 4.78 is 0. The molecule has 2 aromatic rings. The van der Waals surface area contributed by atoms with Crippen molar-refractivity contribution in [2.75, 3.05) is 5.32 Å². The normalized spacial score (nSPS) is 10.2. The average molecular weight is 274 g/mol. The summed E-state index contributed by atoms with van der Waals surface area (Å²) in [6, 6.07) is 6.88. The fourth-order valence-corrected chi connectivity index (χ4v) is 2.21. The summed E-state index contributed by atoms with van der Waals surface area (Å²) in [6.07, 6.45) is 1.04. The van der Waals surface area contributed by atoms with Gasteiger partial charge in [-0.25, -0.2) is 4.98 Å². The van der Waals surface area contributed by atoms with E-state index in [2.05, 4.69) is 10.3 Å². The average Bonchev–Trinajstić information content (AvgIpc) is 2.90. The van der Waals surface area contributed by atoms with E-state index in [0.717, 1.165) is 5.69 Å². The van der Waals surface area contributed by atoms with E-state index in [9.17, 15) is 9.59 Å². The van der Waals surface area contributed by atoms with E-state index in [-0.39, 0.29) is 11.7 Å². The molecular formula is C14H14N2O2S. The van der Waals surface area contributed by atoms with Crippen LogP contribution in [0, 0.1) is 0 Å². The van der Waals surface area contributed by atoms with Crippen LogP contribution < -0.4 is 5.32 Å². The Morgan fingerprint density at radius 3 is 2.58 bits per heavy atom. The van der Waals surface area contributed by atoms with Gasteiger partial charge in [0, 0.05) is 23.1 Å². The summed E-state index contributed by atoms with van der Waals surface area (Å²) >= 11 is 1.52. The van der Waals surface area contributed by atoms with Crippen LogP contribution in [0.15, 0.2) is 35.2 Å². The van der Waals surface area contributed by atoms with Gasteiger partial charge in [0.25, 0.3) is 0 Å². The summed E-state index contributed by atoms with van der Waals surface area (Å²) in [4.78, 5) is 27.0. The highest BCUT2D eigenvalue weighted by atomic mass is 32.1. The van der Waals surface area contributed by atoms with E-state index in [1.54, 1.807) is 29.8 Å². The molecule has 0 radical (unpaired) electrons. The Hall–Kier alpha value is -2.01. The lowest BCUT2D eigenvalue weighted by molar-refractivity contribution is -0.116. The number of anilines is 1. The van der Waals surface area contributed by atoms with Crippen LogP contribution >= 0.6 is 11.3 Å². The molecular weight excluding hydrogens is 260 g/mol. The molecule has 4 nitrogen and oxygen atoms in total. The number of aromatic nitrogens is 1. The fraction of sp³-hybridized carbons (Fsp3) is 0.214. The lowest BCUT2D eigenvalue weighted by Gasteiger charge is -2.05. The molecule has 2 rings (SSSR count). The predicted molar refractivity (Wildman–Crippen MR) is 75.5 cm³/mol. The molecule has 1 aromatic heterocycles. The molecule has 0 unspecified atom stereocenters. The number of nitrogens with zero attached hydrogens (tertiary/aromatic N) is 1. The Labute approximate surface area is 115 Å². The van der Waals surface area contributed by atoms with E-state index in [1.807, 2.05) is 5.38 Å². The van der Waals surface area contributed by atoms with Crippen molar-refractivity contribution in [3.63, 3.8) is 0 Å². The van der Waals surface area contributed by atoms with Crippen LogP contribution in [-0.2, 0) is 11.2 Å². The maximum atomic E-state index is 11.7. The van der Waals surface area contributed by atoms with Crippen molar-refractivity contribution in [3.05, 3.63) is 46.4 Å². The molecule has 1 aromatic carbocycles. The van der Waals surface area contributed by atoms with Crippen molar-refractivity contribution >= 4 is 28.7 Å². The number of hydrogen-bond donors (Lipinski definition) is 1. The topological polar surface area (TPSA) is 59.1 Å². The van der Waals surface area contributed by atoms with Gasteiger partial charge < -0.3 is 5.32 Å². The van der Waals surface area contributed by atoms with E-state index in [4.69, 9.17) is 0 Å². The number of carbonyl (C=O) groups excluding carboxylic acids is 2. The lowest BCUT2D eigenvalue weighted by atomic mass is 10.1. The maximum absolute atomic E-state index is 11.7. The first-order valence-corrected chi connectivity index (χ1v) is 6.87. The Balaban J connectivity index is 1.86. The monoisotopic (exact) mass is 274 g/mol. The van der Waals surface area contributed by atoms with Crippen LogP contribution in [0.2, 0.25) is 0 Å². The van der Waals surface area contributed by atoms with Crippen LogP contribution in [0.25, 0.3) is 0 Å². The van der Waals surface area contributed by atoms with Crippen LogP contribution in [-0.4, -0.2) is 16.7 Å². The Morgan fingerprint density at radius 1 is 1.26 bits per heavy atom. The third-order valence-electron chi connectivity index (χ3n) is 2.67. The molecule has 0 atom stereocenters. The number of Topliss-reactive ketones (excluding diaryl/α,β-unsaturated/α-hetero) is 1. The number of nitrogens with one attached hydrogen (secondary N) is 1. The molecule has 5 heteroatoms. The summed E-state index contributed by atoms with van der Waals surface area (Å²) in [5, 5.41) is 4.74. The predicted octanol–water partition coefficient (Wildman–Crippen LogP) is 2.92. The van der Waals surface area contributed by atoms with E-state index >= 15 is 0 Å². The highest BCUT2D eigenvalue weighted by Crippen LogP contribution is 2.11. The minimum Gasteiger partial charge on any atom is -0.326 e. The van der Waals surface area contributed by atoms with Gasteiger partial charge in [-0.2, -0.15) is 0 Å². The molecule has 0 saturated heterocycles. The third-order valence-corrected chi connectivity index (χ3v) is 3.30. The Kier molecular flexibility index (Phi) is 4.41. The molecule has 1 amide bonds. The van der Waals surface area contributed by atoms with Gasteiger partial charge in [-0.15, -0.1) is 11.3 Å². The van der Waals surface area contributed by atoms with Gasteiger partial charge >= 0.3 is 0 Å². The maximum Gasteiger partial charge on any atom is 0.224 e. The summed E-state index contributed by atoms with van der Waals surface area (Å²) in [5.41, 5.74) is 4.04. The van der Waals surface area contributed by atoms with Crippen LogP contribution in [0.4, 0.5) is 5.69 Å². The van der Waals surface area contributed by atoms with Gasteiger partial charge in [0.05, 0.1) is 11.2 Å². The van der Waals surface area contributed by atoms with Gasteiger partial charge in [0.15, 0.2) is 5.78 Å². The largest absolute Gasteiger partial charge is 0.326 e. The second kappa shape index (κ2) is 6.24. The molecule has 98 valence electrons. The van der Waals surface area contributed by atoms with Crippen molar-refractivity contribution in [1.82, 2.24) is 4.98 Å². The number of ketones is 1. The number of benzene rings is 1. The molecule has 1 heterocycles. The zero-order valence-corrected chi connectivity index (χ0v) is 11.4. The van der Waals surface area contributed by atoms with Gasteiger partial charge in [0.2, 0.25) is 5.91 Å². The van der Waals surface area contributed by atoms with Crippen LogP contribution in [0.3, 0.4) is 0 Å². The zero-order valence-electron chi connectivity index (χ0n) is 10.6. The molecule has 0 saturated carbocycles. The first kappa shape index (κ1) is 13.4. The fourth-order valence-electron chi connectivity index (χ4n) is 1.61. The molecule has 19 heavy (non-hydrogen) atoms. The van der Waals surface area contributed by atoms with Gasteiger partial charge in [-0.05, 0) is 37.6 Å². The second-order valence-electron chi connectivity index (χ2n) is 4.16. The Bertz CT molecular complexity index is 562. The summed E-state index contributed by atoms with van der Waals surface area (Å²) in [6.45, 7) is 1.52. The van der Waals surface area contributed by atoms with Crippen LogP contribution in [0.1, 0.15) is 29.4 Å². The molecule has 1 N–H and O–H groups in total. The molecule has 0 bridgehead atoms. The summed E-state index contributed by atoms with van der Waals surface area (Å²) in [7, 11) is 0. The molecule has 0 aliphatic carbocycles. The number of amides is 1. The first-order valence-electron chi connectivity index (χ1n) is 5.93. The van der Waals surface area contributed by atoms with Gasteiger partial charge in [-0.1, -0.05) is 0 Å². The molecule has 0 fully saturated rings. The standard InChI is InChI=1S/C14H14N2O2S/c1-10(17)11-2-4-12(5-3-11)16-14(18)7-6-13-8-19-9-15-13/h2-5,8-9H,6-7H2,1H3,(H,16,18). The van der Waals surface area contributed by atoms with Crippen molar-refractivity contribution in [2.24, 2.45) is 0 Å².